The van der Waals surface area contributed by atoms with Crippen LogP contribution >= 0.6 is 0 Å². The zero-order valence-electron chi connectivity index (χ0n) is 7.91. The minimum atomic E-state index is -3.30. The monoisotopic (exact) mass is 208 g/mol. The zero-order valence-corrected chi connectivity index (χ0v) is 8.73. The van der Waals surface area contributed by atoms with Crippen LogP contribution in [-0.2, 0) is 14.6 Å². The number of amides is 1. The third-order valence-electron chi connectivity index (χ3n) is 1.57. The number of carbonyl (C=O) groups is 1. The second kappa shape index (κ2) is 5.18. The van der Waals surface area contributed by atoms with E-state index in [0.29, 0.717) is 6.54 Å². The van der Waals surface area contributed by atoms with Gasteiger partial charge in [0.1, 0.15) is 5.75 Å². The van der Waals surface area contributed by atoms with E-state index in [1.54, 1.807) is 6.92 Å². The van der Waals surface area contributed by atoms with E-state index in [-0.39, 0.29) is 11.7 Å². The quantitative estimate of drug-likeness (QED) is 0.590. The van der Waals surface area contributed by atoms with Crippen LogP contribution in [0.3, 0.4) is 0 Å². The van der Waals surface area contributed by atoms with Crippen LogP contribution in [0.2, 0.25) is 0 Å². The van der Waals surface area contributed by atoms with Crippen LogP contribution < -0.4 is 11.1 Å². The second-order valence-corrected chi connectivity index (χ2v) is 5.18. The predicted octanol–water partition coefficient (Wildman–Crippen LogP) is -1.26. The number of carbonyl (C=O) groups excluding carboxylic acids is 1. The maximum absolute atomic E-state index is 11.3. The first-order chi connectivity index (χ1) is 5.91. The van der Waals surface area contributed by atoms with Crippen molar-refractivity contribution in [3.63, 3.8) is 0 Å². The van der Waals surface area contributed by atoms with E-state index < -0.39 is 21.5 Å². The highest BCUT2D eigenvalue weighted by Gasteiger charge is 2.18. The molecule has 0 aromatic heterocycles. The zero-order chi connectivity index (χ0) is 10.5. The molecule has 0 aromatic rings. The fourth-order valence-electron chi connectivity index (χ4n) is 0.832. The number of nitrogens with one attached hydrogen (secondary N) is 1. The van der Waals surface area contributed by atoms with Crippen molar-refractivity contribution in [1.82, 2.24) is 5.32 Å². The molecule has 0 spiro atoms. The fraction of sp³-hybridized carbons (Fsp3) is 0.857. The number of rotatable bonds is 5. The van der Waals surface area contributed by atoms with Crippen LogP contribution in [0.1, 0.15) is 6.92 Å². The van der Waals surface area contributed by atoms with Gasteiger partial charge in [-0.25, -0.2) is 8.42 Å². The van der Waals surface area contributed by atoms with Crippen molar-refractivity contribution in [3.8, 4) is 0 Å². The van der Waals surface area contributed by atoms with E-state index in [1.165, 1.54) is 7.05 Å². The fourth-order valence-corrected chi connectivity index (χ4v) is 2.50. The molecule has 1 unspecified atom stereocenters. The average molecular weight is 208 g/mol. The van der Waals surface area contributed by atoms with E-state index >= 15 is 0 Å². The Labute approximate surface area is 78.6 Å². The lowest BCUT2D eigenvalue weighted by atomic mass is 10.2. The van der Waals surface area contributed by atoms with Gasteiger partial charge in [-0.05, 0) is 12.5 Å². The van der Waals surface area contributed by atoms with E-state index in [4.69, 9.17) is 5.73 Å². The lowest BCUT2D eigenvalue weighted by Gasteiger charge is -2.08. The van der Waals surface area contributed by atoms with Crippen molar-refractivity contribution in [3.05, 3.63) is 0 Å². The van der Waals surface area contributed by atoms with Gasteiger partial charge in [-0.3, -0.25) is 4.79 Å². The van der Waals surface area contributed by atoms with Crippen LogP contribution in [0.5, 0.6) is 0 Å². The highest BCUT2D eigenvalue weighted by molar-refractivity contribution is 7.92. The van der Waals surface area contributed by atoms with Gasteiger partial charge >= 0.3 is 0 Å². The Morgan fingerprint density at radius 1 is 1.54 bits per heavy atom. The molecule has 1 atom stereocenters. The van der Waals surface area contributed by atoms with Gasteiger partial charge in [0.15, 0.2) is 9.84 Å². The summed E-state index contributed by atoms with van der Waals surface area (Å²) in [5.74, 6) is -1.07. The molecule has 0 aliphatic carbocycles. The summed E-state index contributed by atoms with van der Waals surface area (Å²) >= 11 is 0. The number of hydrogen-bond donors (Lipinski definition) is 2. The Hall–Kier alpha value is -0.620. The van der Waals surface area contributed by atoms with Crippen LogP contribution in [-0.4, -0.2) is 39.4 Å². The molecular formula is C7H16N2O3S. The van der Waals surface area contributed by atoms with Gasteiger partial charge in [-0.1, -0.05) is 6.92 Å². The molecule has 1 amide bonds. The van der Waals surface area contributed by atoms with Crippen molar-refractivity contribution < 1.29 is 13.2 Å². The smallest absolute Gasteiger partial charge is 0.234 e. The predicted molar refractivity (Wildman–Crippen MR) is 50.9 cm³/mol. The molecule has 0 bridgehead atoms. The highest BCUT2D eigenvalue weighted by Crippen LogP contribution is 1.99. The van der Waals surface area contributed by atoms with Crippen LogP contribution in [0.15, 0.2) is 0 Å². The summed E-state index contributed by atoms with van der Waals surface area (Å²) < 4.78 is 22.5. The maximum Gasteiger partial charge on any atom is 0.234 e. The van der Waals surface area contributed by atoms with Crippen molar-refractivity contribution in [2.24, 2.45) is 11.7 Å². The molecule has 0 aliphatic rings. The third kappa shape index (κ3) is 5.59. The van der Waals surface area contributed by atoms with E-state index in [0.717, 1.165) is 0 Å². The van der Waals surface area contributed by atoms with Crippen molar-refractivity contribution >= 4 is 15.7 Å². The molecule has 13 heavy (non-hydrogen) atoms. The van der Waals surface area contributed by atoms with Gasteiger partial charge in [0, 0.05) is 7.05 Å². The van der Waals surface area contributed by atoms with Crippen LogP contribution in [0.25, 0.3) is 0 Å². The Morgan fingerprint density at radius 3 is 2.46 bits per heavy atom. The molecule has 0 saturated heterocycles. The first kappa shape index (κ1) is 12.4. The summed E-state index contributed by atoms with van der Waals surface area (Å²) in [6.45, 7) is 2.05. The second-order valence-electron chi connectivity index (χ2n) is 3.07. The molecule has 5 nitrogen and oxygen atoms in total. The molecular weight excluding hydrogens is 192 g/mol. The number of hydrogen-bond acceptors (Lipinski definition) is 4. The molecule has 0 heterocycles. The molecule has 0 rings (SSSR count). The SMILES string of the molecule is CNC(=O)CS(=O)(=O)CC(C)CN. The Kier molecular flexibility index (Phi) is 4.94. The normalized spacial score (nSPS) is 13.8. The Balaban J connectivity index is 4.17. The highest BCUT2D eigenvalue weighted by atomic mass is 32.2. The molecule has 3 N–H and O–H groups in total. The maximum atomic E-state index is 11.3. The number of sulfone groups is 1. The molecule has 0 aromatic carbocycles. The average Bonchev–Trinajstić information content (AvgIpc) is 2.02. The largest absolute Gasteiger partial charge is 0.358 e. The topological polar surface area (TPSA) is 89.3 Å². The van der Waals surface area contributed by atoms with Gasteiger partial charge in [-0.2, -0.15) is 0 Å². The summed E-state index contributed by atoms with van der Waals surface area (Å²) in [5, 5.41) is 2.26. The van der Waals surface area contributed by atoms with Gasteiger partial charge in [0.05, 0.1) is 5.75 Å². The molecule has 0 saturated carbocycles. The van der Waals surface area contributed by atoms with Gasteiger partial charge in [0.2, 0.25) is 5.91 Å². The van der Waals surface area contributed by atoms with Crippen LogP contribution in [0, 0.1) is 5.92 Å². The lowest BCUT2D eigenvalue weighted by Crippen LogP contribution is -2.31. The first-order valence-corrected chi connectivity index (χ1v) is 5.84. The molecule has 0 radical (unpaired) electrons. The first-order valence-electron chi connectivity index (χ1n) is 4.02. The molecule has 0 fully saturated rings. The van der Waals surface area contributed by atoms with E-state index in [2.05, 4.69) is 5.32 Å². The van der Waals surface area contributed by atoms with Gasteiger partial charge in [0.25, 0.3) is 0 Å². The minimum Gasteiger partial charge on any atom is -0.358 e. The lowest BCUT2D eigenvalue weighted by molar-refractivity contribution is -0.118. The summed E-state index contributed by atoms with van der Waals surface area (Å²) in [4.78, 5) is 10.8. The molecule has 6 heteroatoms. The molecule has 78 valence electrons. The van der Waals surface area contributed by atoms with E-state index in [1.807, 2.05) is 0 Å². The Morgan fingerprint density at radius 2 is 2.08 bits per heavy atom. The van der Waals surface area contributed by atoms with Crippen molar-refractivity contribution in [1.29, 1.82) is 0 Å². The third-order valence-corrected chi connectivity index (χ3v) is 3.35. The minimum absolute atomic E-state index is 0.0308. The van der Waals surface area contributed by atoms with Gasteiger partial charge < -0.3 is 11.1 Å². The number of nitrogens with two attached hydrogens (primary N) is 1. The summed E-state index contributed by atoms with van der Waals surface area (Å²) in [7, 11) is -1.89. The summed E-state index contributed by atoms with van der Waals surface area (Å²) in [6.07, 6.45) is 0. The molecule has 0 aliphatic heterocycles. The van der Waals surface area contributed by atoms with Gasteiger partial charge in [-0.15, -0.1) is 0 Å². The van der Waals surface area contributed by atoms with Crippen LogP contribution in [0.4, 0.5) is 0 Å². The summed E-state index contributed by atoms with van der Waals surface area (Å²) in [6, 6.07) is 0. The standard InChI is InChI=1S/C7H16N2O3S/c1-6(3-8)4-13(11,12)5-7(10)9-2/h6H,3-5,8H2,1-2H3,(H,9,10). The van der Waals surface area contributed by atoms with Crippen molar-refractivity contribution in [2.45, 2.75) is 6.92 Å². The van der Waals surface area contributed by atoms with Crippen molar-refractivity contribution in [2.75, 3.05) is 25.1 Å². The Bertz CT molecular complexity index is 261. The summed E-state index contributed by atoms with van der Waals surface area (Å²) in [5.41, 5.74) is 5.28. The van der Waals surface area contributed by atoms with E-state index in [9.17, 15) is 13.2 Å².